The maximum atomic E-state index is 11.1. The van der Waals surface area contributed by atoms with E-state index in [4.69, 9.17) is 17.3 Å². The van der Waals surface area contributed by atoms with Crippen molar-refractivity contribution in [2.24, 2.45) is 5.73 Å². The van der Waals surface area contributed by atoms with Gasteiger partial charge in [0, 0.05) is 5.56 Å². The summed E-state index contributed by atoms with van der Waals surface area (Å²) in [5, 5.41) is 0.145. The van der Waals surface area contributed by atoms with Gasteiger partial charge in [0.1, 0.15) is 5.15 Å². The highest BCUT2D eigenvalue weighted by molar-refractivity contribution is 6.32. The van der Waals surface area contributed by atoms with Gasteiger partial charge >= 0.3 is 0 Å². The molecule has 0 radical (unpaired) electrons. The van der Waals surface area contributed by atoms with Gasteiger partial charge in [-0.15, -0.1) is 0 Å². The lowest BCUT2D eigenvalue weighted by Gasteiger charge is -2.06. The molecule has 0 saturated carbocycles. The third-order valence-electron chi connectivity index (χ3n) is 3.43. The van der Waals surface area contributed by atoms with Crippen LogP contribution in [-0.2, 0) is 6.42 Å². The Morgan fingerprint density at radius 3 is 2.43 bits per heavy atom. The molecule has 0 aliphatic carbocycles. The molecule has 110 valence electrons. The number of aryl methyl sites for hydroxylation is 1. The van der Waals surface area contributed by atoms with Gasteiger partial charge in [0.2, 0.25) is 0 Å². The van der Waals surface area contributed by atoms with E-state index >= 15 is 0 Å². The fourth-order valence-electron chi connectivity index (χ4n) is 2.20. The van der Waals surface area contributed by atoms with Crippen LogP contribution in [0.5, 0.6) is 0 Å². The molecule has 0 saturated heterocycles. The van der Waals surface area contributed by atoms with Crippen LogP contribution in [-0.4, -0.2) is 10.9 Å². The zero-order valence-corrected chi connectivity index (χ0v) is 12.9. The van der Waals surface area contributed by atoms with Crippen LogP contribution in [0.4, 0.5) is 0 Å². The highest BCUT2D eigenvalue weighted by Crippen LogP contribution is 2.22. The second kappa shape index (κ2) is 7.23. The summed E-state index contributed by atoms with van der Waals surface area (Å²) in [4.78, 5) is 15.4. The predicted molar refractivity (Wildman–Crippen MR) is 86.4 cm³/mol. The number of benzene rings is 1. The number of aromatic nitrogens is 1. The molecule has 0 fully saturated rings. The van der Waals surface area contributed by atoms with Crippen LogP contribution in [0.25, 0.3) is 11.3 Å². The van der Waals surface area contributed by atoms with Crippen molar-refractivity contribution in [2.45, 2.75) is 32.6 Å². The van der Waals surface area contributed by atoms with E-state index in [9.17, 15) is 4.79 Å². The number of nitrogens with two attached hydrogens (primary N) is 1. The van der Waals surface area contributed by atoms with E-state index in [1.165, 1.54) is 24.8 Å². The van der Waals surface area contributed by atoms with Crippen molar-refractivity contribution in [3.63, 3.8) is 0 Å². The monoisotopic (exact) mass is 302 g/mol. The fourth-order valence-corrected chi connectivity index (χ4v) is 2.45. The summed E-state index contributed by atoms with van der Waals surface area (Å²) in [6.45, 7) is 2.20. The first kappa shape index (κ1) is 15.5. The van der Waals surface area contributed by atoms with Gasteiger partial charge in [0.15, 0.2) is 0 Å². The van der Waals surface area contributed by atoms with Crippen molar-refractivity contribution in [3.8, 4) is 11.3 Å². The lowest BCUT2D eigenvalue weighted by molar-refractivity contribution is 0.1000. The molecule has 1 amide bonds. The molecule has 2 N–H and O–H groups in total. The number of unbranched alkanes of at least 4 members (excludes halogenated alkanes) is 2. The minimum Gasteiger partial charge on any atom is -0.366 e. The van der Waals surface area contributed by atoms with Gasteiger partial charge in [-0.1, -0.05) is 55.6 Å². The van der Waals surface area contributed by atoms with Gasteiger partial charge in [0.05, 0.1) is 11.3 Å². The Labute approximate surface area is 130 Å². The Hall–Kier alpha value is -1.87. The number of nitrogens with zero attached hydrogens (tertiary/aromatic N) is 1. The molecule has 1 heterocycles. The van der Waals surface area contributed by atoms with E-state index in [-0.39, 0.29) is 10.7 Å². The quantitative estimate of drug-likeness (QED) is 0.641. The van der Waals surface area contributed by atoms with Gasteiger partial charge in [-0.05, 0) is 30.5 Å². The minimum atomic E-state index is -0.565. The summed E-state index contributed by atoms with van der Waals surface area (Å²) >= 11 is 5.98. The molecular formula is C17H19ClN2O. The number of halogens is 1. The van der Waals surface area contributed by atoms with E-state index in [1.807, 2.05) is 12.1 Å². The van der Waals surface area contributed by atoms with Crippen LogP contribution < -0.4 is 5.73 Å². The molecule has 3 nitrogen and oxygen atoms in total. The predicted octanol–water partition coefficient (Wildman–Crippen LogP) is 4.23. The summed E-state index contributed by atoms with van der Waals surface area (Å²) in [5.74, 6) is -0.565. The maximum Gasteiger partial charge on any atom is 0.251 e. The third-order valence-corrected chi connectivity index (χ3v) is 3.72. The standard InChI is InChI=1S/C17H19ClN2O/c1-2-3-4-5-12-6-8-13(9-7-12)15-11-10-14(17(19)21)16(18)20-15/h6-11H,2-5H2,1H3,(H2,19,21). The smallest absolute Gasteiger partial charge is 0.251 e. The highest BCUT2D eigenvalue weighted by Gasteiger charge is 2.09. The Bertz CT molecular complexity index is 623. The van der Waals surface area contributed by atoms with Crippen molar-refractivity contribution in [1.29, 1.82) is 0 Å². The van der Waals surface area contributed by atoms with Crippen molar-refractivity contribution in [1.82, 2.24) is 4.98 Å². The molecule has 0 spiro atoms. The lowest BCUT2D eigenvalue weighted by Crippen LogP contribution is -2.12. The van der Waals surface area contributed by atoms with Crippen molar-refractivity contribution in [2.75, 3.05) is 0 Å². The average Bonchev–Trinajstić information content (AvgIpc) is 2.48. The van der Waals surface area contributed by atoms with E-state index in [0.717, 1.165) is 17.7 Å². The Kier molecular flexibility index (Phi) is 5.34. The molecular weight excluding hydrogens is 284 g/mol. The molecule has 2 aromatic rings. The molecule has 0 aliphatic heterocycles. The second-order valence-corrected chi connectivity index (χ2v) is 5.41. The molecule has 0 aliphatic rings. The van der Waals surface area contributed by atoms with Gasteiger partial charge in [-0.25, -0.2) is 4.98 Å². The van der Waals surface area contributed by atoms with Crippen molar-refractivity contribution in [3.05, 3.63) is 52.7 Å². The number of carbonyl (C=O) groups is 1. The Morgan fingerprint density at radius 1 is 1.14 bits per heavy atom. The van der Waals surface area contributed by atoms with Gasteiger partial charge in [-0.3, -0.25) is 4.79 Å². The molecule has 2 rings (SSSR count). The van der Waals surface area contributed by atoms with Crippen LogP contribution >= 0.6 is 11.6 Å². The highest BCUT2D eigenvalue weighted by atomic mass is 35.5. The van der Waals surface area contributed by atoms with Crippen LogP contribution in [0, 0.1) is 0 Å². The second-order valence-electron chi connectivity index (χ2n) is 5.05. The van der Waals surface area contributed by atoms with Crippen LogP contribution in [0.2, 0.25) is 5.15 Å². The van der Waals surface area contributed by atoms with E-state index in [2.05, 4.69) is 24.0 Å². The molecule has 0 atom stereocenters. The van der Waals surface area contributed by atoms with Crippen LogP contribution in [0.1, 0.15) is 42.1 Å². The zero-order chi connectivity index (χ0) is 15.2. The summed E-state index contributed by atoms with van der Waals surface area (Å²) in [7, 11) is 0. The number of pyridine rings is 1. The molecule has 0 bridgehead atoms. The summed E-state index contributed by atoms with van der Waals surface area (Å²) < 4.78 is 0. The van der Waals surface area contributed by atoms with Crippen molar-refractivity contribution >= 4 is 17.5 Å². The largest absolute Gasteiger partial charge is 0.366 e. The maximum absolute atomic E-state index is 11.1. The molecule has 21 heavy (non-hydrogen) atoms. The van der Waals surface area contributed by atoms with Crippen molar-refractivity contribution < 1.29 is 4.79 Å². The number of hydrogen-bond acceptors (Lipinski definition) is 2. The minimum absolute atomic E-state index is 0.145. The average molecular weight is 303 g/mol. The zero-order valence-electron chi connectivity index (χ0n) is 12.1. The van der Waals surface area contributed by atoms with Gasteiger partial charge in [-0.2, -0.15) is 0 Å². The summed E-state index contributed by atoms with van der Waals surface area (Å²) in [6, 6.07) is 11.7. The molecule has 4 heteroatoms. The van der Waals surface area contributed by atoms with Gasteiger partial charge in [0.25, 0.3) is 5.91 Å². The lowest BCUT2D eigenvalue weighted by atomic mass is 10.0. The number of primary amides is 1. The van der Waals surface area contributed by atoms with E-state index < -0.39 is 5.91 Å². The Morgan fingerprint density at radius 2 is 1.86 bits per heavy atom. The van der Waals surface area contributed by atoms with E-state index in [1.54, 1.807) is 12.1 Å². The fraction of sp³-hybridized carbons (Fsp3) is 0.294. The van der Waals surface area contributed by atoms with Gasteiger partial charge < -0.3 is 5.73 Å². The summed E-state index contributed by atoms with van der Waals surface area (Å²) in [6.07, 6.45) is 4.80. The normalized spacial score (nSPS) is 10.6. The Balaban J connectivity index is 2.15. The summed E-state index contributed by atoms with van der Waals surface area (Å²) in [5.41, 5.74) is 8.51. The molecule has 1 aromatic carbocycles. The SMILES string of the molecule is CCCCCc1ccc(-c2ccc(C(N)=O)c(Cl)n2)cc1. The van der Waals surface area contributed by atoms with Crippen LogP contribution in [0.3, 0.4) is 0 Å². The number of carbonyl (C=O) groups excluding carboxylic acids is 1. The first-order chi connectivity index (χ1) is 10.1. The number of rotatable bonds is 6. The third kappa shape index (κ3) is 4.05. The first-order valence-corrected chi connectivity index (χ1v) is 7.55. The molecule has 1 aromatic heterocycles. The molecule has 0 unspecified atom stereocenters. The number of hydrogen-bond donors (Lipinski definition) is 1. The van der Waals surface area contributed by atoms with E-state index in [0.29, 0.717) is 0 Å². The van der Waals surface area contributed by atoms with Crippen LogP contribution in [0.15, 0.2) is 36.4 Å². The number of amides is 1. The topological polar surface area (TPSA) is 56.0 Å². The first-order valence-electron chi connectivity index (χ1n) is 7.17.